The molecular formula is C19H25BN2O4S. The number of ether oxygens (including phenoxy) is 2. The van der Waals surface area contributed by atoms with Crippen LogP contribution >= 0.6 is 11.3 Å². The molecule has 0 aliphatic rings. The van der Waals surface area contributed by atoms with E-state index in [-0.39, 0.29) is 12.5 Å². The van der Waals surface area contributed by atoms with Gasteiger partial charge in [-0.15, -0.1) is 11.3 Å². The number of esters is 1. The van der Waals surface area contributed by atoms with Crippen molar-refractivity contribution in [2.24, 2.45) is 0 Å². The van der Waals surface area contributed by atoms with Crippen LogP contribution in [0.15, 0.2) is 12.1 Å². The van der Waals surface area contributed by atoms with E-state index in [9.17, 15) is 9.59 Å². The Labute approximate surface area is 165 Å². The Bertz CT molecular complexity index is 818. The lowest BCUT2D eigenvalue weighted by molar-refractivity contribution is -0.114. The number of hydrogen-bond acceptors (Lipinski definition) is 6. The normalized spacial score (nSPS) is 11.0. The summed E-state index contributed by atoms with van der Waals surface area (Å²) in [4.78, 5) is 26.3. The highest BCUT2D eigenvalue weighted by molar-refractivity contribution is 7.24. The molecule has 6 nitrogen and oxygen atoms in total. The van der Waals surface area contributed by atoms with Crippen LogP contribution in [0, 0.1) is 0 Å². The van der Waals surface area contributed by atoms with Gasteiger partial charge >= 0.3 is 5.97 Å². The Balaban J connectivity index is 2.44. The molecule has 0 atom stereocenters. The first kappa shape index (κ1) is 21.2. The standard InChI is InChI=1S/C19H25BN2O4S/c1-5-22(6-2)10-11-26-16-14(20)9-8-13-15(19(24)25-7-3)18(21-12(4)23)27-17(13)16/h8-9H,5-7,10-11H2,1-4H3,(H,21,23). The smallest absolute Gasteiger partial charge is 0.341 e. The molecule has 144 valence electrons. The minimum Gasteiger partial charge on any atom is -0.491 e. The fourth-order valence-electron chi connectivity index (χ4n) is 2.77. The van der Waals surface area contributed by atoms with Crippen LogP contribution in [0.4, 0.5) is 5.00 Å². The van der Waals surface area contributed by atoms with E-state index >= 15 is 0 Å². The van der Waals surface area contributed by atoms with Crippen molar-refractivity contribution in [2.75, 3.05) is 38.2 Å². The third kappa shape index (κ3) is 5.02. The van der Waals surface area contributed by atoms with Crippen molar-refractivity contribution in [3.05, 3.63) is 17.7 Å². The molecule has 1 amide bonds. The number of anilines is 1. The van der Waals surface area contributed by atoms with Gasteiger partial charge in [0.2, 0.25) is 5.91 Å². The number of carbonyl (C=O) groups excluding carboxylic acids is 2. The van der Waals surface area contributed by atoms with Gasteiger partial charge in [0.1, 0.15) is 30.8 Å². The van der Waals surface area contributed by atoms with Crippen LogP contribution in [-0.4, -0.2) is 57.5 Å². The second-order valence-corrected chi connectivity index (χ2v) is 6.96. The number of likely N-dealkylation sites (N-methyl/N-ethyl adjacent to an activating group) is 1. The average molecular weight is 388 g/mol. The molecule has 0 saturated heterocycles. The van der Waals surface area contributed by atoms with Crippen LogP contribution in [0.5, 0.6) is 5.75 Å². The summed E-state index contributed by atoms with van der Waals surface area (Å²) in [5, 5.41) is 3.82. The summed E-state index contributed by atoms with van der Waals surface area (Å²) in [5.41, 5.74) is 0.828. The molecule has 0 bridgehead atoms. The van der Waals surface area contributed by atoms with Crippen LogP contribution in [-0.2, 0) is 9.53 Å². The number of nitrogens with one attached hydrogen (secondary N) is 1. The van der Waals surface area contributed by atoms with Crippen LogP contribution < -0.4 is 15.5 Å². The molecule has 0 unspecified atom stereocenters. The van der Waals surface area contributed by atoms with Gasteiger partial charge in [0.15, 0.2) is 0 Å². The fourth-order valence-corrected chi connectivity index (χ4v) is 4.01. The van der Waals surface area contributed by atoms with Crippen LogP contribution in [0.2, 0.25) is 0 Å². The number of thiophene rings is 1. The zero-order valence-corrected chi connectivity index (χ0v) is 17.1. The van der Waals surface area contributed by atoms with Crippen molar-refractivity contribution in [3.63, 3.8) is 0 Å². The summed E-state index contributed by atoms with van der Waals surface area (Å²) in [6, 6.07) is 3.47. The third-order valence-electron chi connectivity index (χ3n) is 4.16. The van der Waals surface area contributed by atoms with Crippen molar-refractivity contribution < 1.29 is 19.1 Å². The fraction of sp³-hybridized carbons (Fsp3) is 0.474. The Morgan fingerprint density at radius 1 is 1.22 bits per heavy atom. The van der Waals surface area contributed by atoms with Crippen molar-refractivity contribution >= 4 is 51.6 Å². The maximum Gasteiger partial charge on any atom is 0.341 e. The molecule has 0 fully saturated rings. The van der Waals surface area contributed by atoms with Crippen LogP contribution in [0.3, 0.4) is 0 Å². The molecule has 1 heterocycles. The summed E-state index contributed by atoms with van der Waals surface area (Å²) < 4.78 is 11.9. The lowest BCUT2D eigenvalue weighted by Crippen LogP contribution is -2.28. The number of carbonyl (C=O) groups is 2. The predicted octanol–water partition coefficient (Wildman–Crippen LogP) is 2.55. The second-order valence-electron chi connectivity index (χ2n) is 5.94. The van der Waals surface area contributed by atoms with Crippen LogP contribution in [0.1, 0.15) is 38.1 Å². The van der Waals surface area contributed by atoms with E-state index in [1.807, 2.05) is 0 Å². The highest BCUT2D eigenvalue weighted by Gasteiger charge is 2.23. The largest absolute Gasteiger partial charge is 0.491 e. The van der Waals surface area contributed by atoms with Crippen molar-refractivity contribution in [2.45, 2.75) is 27.7 Å². The van der Waals surface area contributed by atoms with E-state index in [0.717, 1.165) is 24.3 Å². The van der Waals surface area contributed by atoms with Gasteiger partial charge < -0.3 is 19.7 Å². The van der Waals surface area contributed by atoms with Gasteiger partial charge in [-0.1, -0.05) is 31.4 Å². The first-order chi connectivity index (χ1) is 12.9. The maximum atomic E-state index is 12.5. The second kappa shape index (κ2) is 9.76. The molecule has 27 heavy (non-hydrogen) atoms. The van der Waals surface area contributed by atoms with Crippen LogP contribution in [0.25, 0.3) is 10.1 Å². The van der Waals surface area contributed by atoms with E-state index in [1.54, 1.807) is 19.1 Å². The molecule has 2 rings (SSSR count). The number of hydrogen-bond donors (Lipinski definition) is 1. The Morgan fingerprint density at radius 3 is 2.52 bits per heavy atom. The SMILES string of the molecule is [B]c1ccc2c(C(=O)OCC)c(NC(C)=O)sc2c1OCCN(CC)CC. The number of fused-ring (bicyclic) bond motifs is 1. The van der Waals surface area contributed by atoms with Gasteiger partial charge in [-0.05, 0) is 20.0 Å². The minimum atomic E-state index is -0.480. The van der Waals surface area contributed by atoms with Crippen molar-refractivity contribution in [3.8, 4) is 5.75 Å². The first-order valence-corrected chi connectivity index (χ1v) is 9.89. The van der Waals surface area contributed by atoms with Crippen molar-refractivity contribution in [1.29, 1.82) is 0 Å². The van der Waals surface area contributed by atoms with Gasteiger partial charge in [0.25, 0.3) is 0 Å². The number of benzene rings is 1. The molecule has 0 spiro atoms. The first-order valence-electron chi connectivity index (χ1n) is 9.07. The molecule has 0 aliphatic carbocycles. The quantitative estimate of drug-likeness (QED) is 0.528. The maximum absolute atomic E-state index is 12.5. The Hall–Kier alpha value is -2.06. The molecule has 1 aromatic heterocycles. The van der Waals surface area contributed by atoms with E-state index in [1.165, 1.54) is 18.3 Å². The Morgan fingerprint density at radius 2 is 1.93 bits per heavy atom. The van der Waals surface area contributed by atoms with Gasteiger partial charge in [-0.3, -0.25) is 4.79 Å². The number of amides is 1. The van der Waals surface area contributed by atoms with E-state index in [0.29, 0.717) is 33.8 Å². The molecule has 0 aliphatic heterocycles. The monoisotopic (exact) mass is 388 g/mol. The van der Waals surface area contributed by atoms with Gasteiger partial charge in [-0.2, -0.15) is 0 Å². The molecule has 1 aromatic carbocycles. The zero-order chi connectivity index (χ0) is 20.0. The zero-order valence-electron chi connectivity index (χ0n) is 16.3. The van der Waals surface area contributed by atoms with Gasteiger partial charge in [-0.25, -0.2) is 4.79 Å². The summed E-state index contributed by atoms with van der Waals surface area (Å²) >= 11 is 1.27. The summed E-state index contributed by atoms with van der Waals surface area (Å²) in [6.45, 7) is 10.7. The molecule has 0 saturated carbocycles. The molecule has 1 N–H and O–H groups in total. The highest BCUT2D eigenvalue weighted by Crippen LogP contribution is 2.40. The number of nitrogens with zero attached hydrogens (tertiary/aromatic N) is 1. The lowest BCUT2D eigenvalue weighted by Gasteiger charge is -2.19. The molecule has 8 heteroatoms. The van der Waals surface area contributed by atoms with Gasteiger partial charge in [0.05, 0.1) is 11.3 Å². The third-order valence-corrected chi connectivity index (χ3v) is 5.28. The van der Waals surface area contributed by atoms with E-state index in [4.69, 9.17) is 17.3 Å². The summed E-state index contributed by atoms with van der Waals surface area (Å²) in [5.74, 6) is -0.206. The number of rotatable bonds is 9. The lowest BCUT2D eigenvalue weighted by atomic mass is 9.93. The topological polar surface area (TPSA) is 67.9 Å². The highest BCUT2D eigenvalue weighted by atomic mass is 32.1. The summed E-state index contributed by atoms with van der Waals surface area (Å²) in [7, 11) is 6.13. The minimum absolute atomic E-state index is 0.248. The van der Waals surface area contributed by atoms with Gasteiger partial charge in [0, 0.05) is 18.9 Å². The molecule has 2 aromatic rings. The summed E-state index contributed by atoms with van der Waals surface area (Å²) in [6.07, 6.45) is 0. The van der Waals surface area contributed by atoms with E-state index in [2.05, 4.69) is 24.1 Å². The Kier molecular flexibility index (Phi) is 7.68. The predicted molar refractivity (Wildman–Crippen MR) is 111 cm³/mol. The van der Waals surface area contributed by atoms with E-state index < -0.39 is 5.97 Å². The van der Waals surface area contributed by atoms with Crippen molar-refractivity contribution in [1.82, 2.24) is 4.90 Å². The molecule has 2 radical (unpaired) electrons. The average Bonchev–Trinajstić information content (AvgIpc) is 2.98. The molecular weight excluding hydrogens is 363 g/mol.